The van der Waals surface area contributed by atoms with E-state index in [0.29, 0.717) is 35.1 Å². The molecule has 0 bridgehead atoms. The molecular weight excluding hydrogens is 401 g/mol. The summed E-state index contributed by atoms with van der Waals surface area (Å²) in [7, 11) is 0. The third kappa shape index (κ3) is 7.38. The van der Waals surface area contributed by atoms with Gasteiger partial charge in [0, 0.05) is 12.2 Å². The molecular formula is C20H25Cl2N3O3. The number of likely N-dealkylation sites (N-methyl/N-ethyl adjacent to an activating group) is 1. The average molecular weight is 426 g/mol. The smallest absolute Gasteiger partial charge is 0.338 e. The van der Waals surface area contributed by atoms with Crippen molar-refractivity contribution in [2.24, 2.45) is 0 Å². The Bertz CT molecular complexity index is 766. The Morgan fingerprint density at radius 1 is 1.00 bits per heavy atom. The minimum absolute atomic E-state index is 0. The number of benzene rings is 2. The van der Waals surface area contributed by atoms with E-state index >= 15 is 0 Å². The van der Waals surface area contributed by atoms with Gasteiger partial charge in [-0.1, -0.05) is 37.6 Å². The first kappa shape index (κ1) is 23.8. The fourth-order valence-electron chi connectivity index (χ4n) is 2.43. The first-order chi connectivity index (χ1) is 13.0. The van der Waals surface area contributed by atoms with Crippen molar-refractivity contribution in [3.05, 3.63) is 59.1 Å². The first-order valence-electron chi connectivity index (χ1n) is 8.85. The number of carbonyl (C=O) groups is 2. The number of rotatable bonds is 8. The number of hydrogen-bond donors (Lipinski definition) is 2. The van der Waals surface area contributed by atoms with E-state index in [2.05, 4.69) is 29.4 Å². The summed E-state index contributed by atoms with van der Waals surface area (Å²) in [5.41, 5.74) is 1.51. The van der Waals surface area contributed by atoms with Crippen LogP contribution in [0.25, 0.3) is 0 Å². The highest BCUT2D eigenvalue weighted by Gasteiger charge is 2.09. The number of hydrogen-bond acceptors (Lipinski definition) is 4. The molecule has 28 heavy (non-hydrogen) atoms. The van der Waals surface area contributed by atoms with Gasteiger partial charge in [0.1, 0.15) is 6.61 Å². The summed E-state index contributed by atoms with van der Waals surface area (Å²) in [6.45, 7) is 7.04. The third-order valence-corrected chi connectivity index (χ3v) is 4.37. The Hall–Kier alpha value is -2.28. The van der Waals surface area contributed by atoms with Crippen molar-refractivity contribution in [2.45, 2.75) is 13.8 Å². The third-order valence-electron chi connectivity index (χ3n) is 4.04. The molecule has 0 atom stereocenters. The highest BCUT2D eigenvalue weighted by Crippen LogP contribution is 2.20. The number of esters is 1. The molecule has 2 amide bonds. The quantitative estimate of drug-likeness (QED) is 0.589. The van der Waals surface area contributed by atoms with Crippen LogP contribution in [0, 0.1) is 0 Å². The van der Waals surface area contributed by atoms with Crippen LogP contribution >= 0.6 is 24.0 Å². The van der Waals surface area contributed by atoms with Crippen molar-refractivity contribution in [3.63, 3.8) is 0 Å². The minimum atomic E-state index is -0.419. The summed E-state index contributed by atoms with van der Waals surface area (Å²) >= 11 is 6.01. The van der Waals surface area contributed by atoms with Gasteiger partial charge in [0.2, 0.25) is 0 Å². The molecule has 0 aliphatic heterocycles. The van der Waals surface area contributed by atoms with Crippen molar-refractivity contribution in [2.75, 3.05) is 36.9 Å². The molecule has 2 rings (SSSR count). The van der Waals surface area contributed by atoms with Gasteiger partial charge in [-0.2, -0.15) is 0 Å². The number of ether oxygens (including phenoxy) is 1. The van der Waals surface area contributed by atoms with Crippen LogP contribution in [0.2, 0.25) is 5.02 Å². The summed E-state index contributed by atoms with van der Waals surface area (Å²) < 4.78 is 5.28. The molecule has 0 heterocycles. The summed E-state index contributed by atoms with van der Waals surface area (Å²) in [5.74, 6) is -0.380. The Morgan fingerprint density at radius 2 is 1.64 bits per heavy atom. The molecule has 2 N–H and O–H groups in total. The number of nitrogens with zero attached hydrogens (tertiary/aromatic N) is 1. The average Bonchev–Trinajstić information content (AvgIpc) is 2.67. The maximum atomic E-state index is 12.1. The van der Waals surface area contributed by atoms with E-state index in [1.165, 1.54) is 0 Å². The number of halogens is 2. The number of anilines is 2. The zero-order valence-corrected chi connectivity index (χ0v) is 17.5. The first-order valence-corrected chi connectivity index (χ1v) is 9.23. The Balaban J connectivity index is 0.00000392. The SMILES string of the molecule is CCN(CC)CCOC(=O)c1ccc(NC(=O)Nc2ccccc2Cl)cc1.Cl. The van der Waals surface area contributed by atoms with E-state index in [0.717, 1.165) is 13.1 Å². The molecule has 0 unspecified atom stereocenters. The zero-order chi connectivity index (χ0) is 19.6. The molecule has 0 fully saturated rings. The predicted molar refractivity (Wildman–Crippen MR) is 116 cm³/mol. The lowest BCUT2D eigenvalue weighted by Crippen LogP contribution is -2.27. The summed E-state index contributed by atoms with van der Waals surface area (Å²) in [6, 6.07) is 13.1. The fourth-order valence-corrected chi connectivity index (χ4v) is 2.61. The van der Waals surface area contributed by atoms with Crippen LogP contribution in [-0.2, 0) is 4.74 Å². The van der Waals surface area contributed by atoms with Gasteiger partial charge >= 0.3 is 12.0 Å². The number of carbonyl (C=O) groups excluding carboxylic acids is 2. The van der Waals surface area contributed by atoms with Crippen molar-refractivity contribution in [1.29, 1.82) is 0 Å². The second kappa shape index (κ2) is 12.2. The molecule has 6 nitrogen and oxygen atoms in total. The number of urea groups is 1. The highest BCUT2D eigenvalue weighted by molar-refractivity contribution is 6.33. The van der Waals surface area contributed by atoms with Gasteiger partial charge < -0.3 is 20.3 Å². The molecule has 0 radical (unpaired) electrons. The number of para-hydroxylation sites is 1. The van der Waals surface area contributed by atoms with Gasteiger partial charge in [-0.25, -0.2) is 9.59 Å². The predicted octanol–water partition coefficient (Wildman–Crippen LogP) is 4.90. The zero-order valence-electron chi connectivity index (χ0n) is 15.9. The molecule has 8 heteroatoms. The lowest BCUT2D eigenvalue weighted by atomic mass is 10.2. The van der Waals surface area contributed by atoms with Crippen molar-refractivity contribution < 1.29 is 14.3 Å². The van der Waals surface area contributed by atoms with Crippen molar-refractivity contribution in [3.8, 4) is 0 Å². The maximum absolute atomic E-state index is 12.1. The maximum Gasteiger partial charge on any atom is 0.338 e. The minimum Gasteiger partial charge on any atom is -0.461 e. The van der Waals surface area contributed by atoms with Gasteiger partial charge in [-0.15, -0.1) is 12.4 Å². The summed E-state index contributed by atoms with van der Waals surface area (Å²) in [4.78, 5) is 26.3. The van der Waals surface area contributed by atoms with Crippen LogP contribution in [0.3, 0.4) is 0 Å². The van der Waals surface area contributed by atoms with Gasteiger partial charge in [-0.3, -0.25) is 0 Å². The van der Waals surface area contributed by atoms with E-state index in [4.69, 9.17) is 16.3 Å². The molecule has 0 spiro atoms. The summed E-state index contributed by atoms with van der Waals surface area (Å²) in [6.07, 6.45) is 0. The van der Waals surface area contributed by atoms with Crippen LogP contribution < -0.4 is 10.6 Å². The van der Waals surface area contributed by atoms with Crippen molar-refractivity contribution >= 4 is 47.4 Å². The van der Waals surface area contributed by atoms with E-state index in [9.17, 15) is 9.59 Å². The second-order valence-corrected chi connectivity index (χ2v) is 6.21. The molecule has 2 aromatic carbocycles. The normalized spacial score (nSPS) is 10.1. The highest BCUT2D eigenvalue weighted by atomic mass is 35.5. The van der Waals surface area contributed by atoms with Crippen LogP contribution in [0.1, 0.15) is 24.2 Å². The molecule has 0 aliphatic rings. The van der Waals surface area contributed by atoms with Gasteiger partial charge in [-0.05, 0) is 49.5 Å². The Kier molecular flexibility index (Phi) is 10.4. The van der Waals surface area contributed by atoms with Crippen LogP contribution in [0.4, 0.5) is 16.2 Å². The van der Waals surface area contributed by atoms with E-state index in [1.54, 1.807) is 48.5 Å². The summed E-state index contributed by atoms with van der Waals surface area (Å²) in [5, 5.41) is 5.81. The molecule has 0 saturated heterocycles. The van der Waals surface area contributed by atoms with Gasteiger partial charge in [0.05, 0.1) is 16.3 Å². The molecule has 2 aromatic rings. The monoisotopic (exact) mass is 425 g/mol. The standard InChI is InChI=1S/C20H24ClN3O3.ClH/c1-3-24(4-2)13-14-27-19(25)15-9-11-16(12-10-15)22-20(26)23-18-8-6-5-7-17(18)21;/h5-12H,3-4,13-14H2,1-2H3,(H2,22,23,26);1H. The largest absolute Gasteiger partial charge is 0.461 e. The Labute approximate surface area is 176 Å². The molecule has 152 valence electrons. The Morgan fingerprint density at radius 3 is 2.25 bits per heavy atom. The second-order valence-electron chi connectivity index (χ2n) is 5.80. The molecule has 0 aliphatic carbocycles. The lowest BCUT2D eigenvalue weighted by Gasteiger charge is -2.17. The van der Waals surface area contributed by atoms with E-state index in [1.807, 2.05) is 0 Å². The van der Waals surface area contributed by atoms with E-state index in [-0.39, 0.29) is 18.4 Å². The molecule has 0 aromatic heterocycles. The van der Waals surface area contributed by atoms with Gasteiger partial charge in [0.25, 0.3) is 0 Å². The lowest BCUT2D eigenvalue weighted by molar-refractivity contribution is 0.0466. The topological polar surface area (TPSA) is 70.7 Å². The fraction of sp³-hybridized carbons (Fsp3) is 0.300. The van der Waals surface area contributed by atoms with Crippen LogP contribution in [-0.4, -0.2) is 43.1 Å². The van der Waals surface area contributed by atoms with E-state index < -0.39 is 6.03 Å². The number of nitrogens with one attached hydrogen (secondary N) is 2. The molecule has 0 saturated carbocycles. The van der Waals surface area contributed by atoms with Crippen LogP contribution in [0.15, 0.2) is 48.5 Å². The number of amides is 2. The van der Waals surface area contributed by atoms with Gasteiger partial charge in [0.15, 0.2) is 0 Å². The van der Waals surface area contributed by atoms with Crippen LogP contribution in [0.5, 0.6) is 0 Å². The van der Waals surface area contributed by atoms with Crippen molar-refractivity contribution in [1.82, 2.24) is 4.90 Å².